The van der Waals surface area contributed by atoms with Gasteiger partial charge in [0.2, 0.25) is 0 Å². The van der Waals surface area contributed by atoms with Crippen molar-refractivity contribution in [1.29, 1.82) is 0 Å². The molecule has 1 aromatic rings. The molecule has 102 valence electrons. The van der Waals surface area contributed by atoms with E-state index in [9.17, 15) is 4.79 Å². The fourth-order valence-electron chi connectivity index (χ4n) is 3.90. The van der Waals surface area contributed by atoms with Gasteiger partial charge < -0.3 is 0 Å². The van der Waals surface area contributed by atoms with Crippen molar-refractivity contribution in [3.05, 3.63) is 29.8 Å². The maximum atomic E-state index is 12.8. The monoisotopic (exact) mass is 274 g/mol. The minimum Gasteiger partial charge on any atom is -0.298 e. The lowest BCUT2D eigenvalue weighted by atomic mass is 9.70. The number of rotatable bonds is 2. The molecule has 2 fully saturated rings. The molecule has 1 nitrogen and oxygen atoms in total. The van der Waals surface area contributed by atoms with Crippen molar-refractivity contribution in [2.24, 2.45) is 16.7 Å². The van der Waals surface area contributed by atoms with E-state index < -0.39 is 0 Å². The van der Waals surface area contributed by atoms with Crippen LogP contribution in [0.15, 0.2) is 29.2 Å². The normalized spacial score (nSPS) is 35.9. The first-order valence-corrected chi connectivity index (χ1v) is 8.02. The van der Waals surface area contributed by atoms with Crippen LogP contribution in [0.5, 0.6) is 0 Å². The number of benzene rings is 1. The number of fused-ring (bicyclic) bond motifs is 2. The highest BCUT2D eigenvalue weighted by Crippen LogP contribution is 2.66. The van der Waals surface area contributed by atoms with Crippen molar-refractivity contribution in [2.45, 2.75) is 50.7 Å². The molecule has 0 aliphatic heterocycles. The maximum absolute atomic E-state index is 12.8. The smallest absolute Gasteiger partial charge is 0.152 e. The van der Waals surface area contributed by atoms with Gasteiger partial charge in [-0.25, -0.2) is 0 Å². The Labute approximate surface area is 120 Å². The summed E-state index contributed by atoms with van der Waals surface area (Å²) < 4.78 is 0. The Morgan fingerprint density at radius 2 is 1.79 bits per heavy atom. The van der Waals surface area contributed by atoms with Crippen LogP contribution >= 0.6 is 11.8 Å². The molecular formula is C17H22OS. The van der Waals surface area contributed by atoms with Gasteiger partial charge in [-0.05, 0) is 43.2 Å². The minimum atomic E-state index is -0.0972. The van der Waals surface area contributed by atoms with Gasteiger partial charge in [-0.1, -0.05) is 38.5 Å². The molecule has 0 spiro atoms. The van der Waals surface area contributed by atoms with Gasteiger partial charge >= 0.3 is 0 Å². The van der Waals surface area contributed by atoms with E-state index in [0.717, 1.165) is 6.42 Å². The van der Waals surface area contributed by atoms with Crippen LogP contribution in [-0.4, -0.2) is 11.0 Å². The Balaban J connectivity index is 1.88. The zero-order valence-electron chi connectivity index (χ0n) is 12.2. The molecule has 1 aromatic carbocycles. The topological polar surface area (TPSA) is 17.1 Å². The number of carbonyl (C=O) groups excluding carboxylic acids is 1. The zero-order valence-corrected chi connectivity index (χ0v) is 13.0. The Morgan fingerprint density at radius 1 is 1.16 bits per heavy atom. The average Bonchev–Trinajstić information content (AvgIpc) is 2.66. The number of ketones is 1. The minimum absolute atomic E-state index is 0.0972. The van der Waals surface area contributed by atoms with Crippen LogP contribution in [0, 0.1) is 23.7 Å². The van der Waals surface area contributed by atoms with E-state index in [-0.39, 0.29) is 16.1 Å². The molecule has 3 rings (SSSR count). The van der Waals surface area contributed by atoms with Gasteiger partial charge in [0.25, 0.3) is 0 Å². The summed E-state index contributed by atoms with van der Waals surface area (Å²) in [6, 6.07) is 8.56. The van der Waals surface area contributed by atoms with E-state index in [2.05, 4.69) is 52.0 Å². The van der Waals surface area contributed by atoms with Crippen LogP contribution in [0.1, 0.15) is 39.2 Å². The van der Waals surface area contributed by atoms with Crippen LogP contribution in [0.3, 0.4) is 0 Å². The predicted molar refractivity (Wildman–Crippen MR) is 80.4 cm³/mol. The van der Waals surface area contributed by atoms with Gasteiger partial charge in [0.1, 0.15) is 0 Å². The first-order chi connectivity index (χ1) is 8.86. The number of carbonyl (C=O) groups is 1. The molecule has 2 aliphatic rings. The fourth-order valence-corrected chi connectivity index (χ4v) is 5.50. The van der Waals surface area contributed by atoms with E-state index in [4.69, 9.17) is 0 Å². The van der Waals surface area contributed by atoms with E-state index in [0.29, 0.717) is 11.7 Å². The number of hydrogen-bond donors (Lipinski definition) is 0. The second-order valence-corrected chi connectivity index (χ2v) is 8.13. The summed E-state index contributed by atoms with van der Waals surface area (Å²) >= 11 is 1.78. The SMILES string of the molecule is Cc1ccc(S[C@H]2C(=O)[C@@]3(C)CC[C@@H]2C3(C)C)cc1. The lowest BCUT2D eigenvalue weighted by molar-refractivity contribution is -0.127. The standard InChI is InChI=1S/C17H22OS/c1-11-5-7-12(8-6-11)19-14-13-9-10-17(4,15(14)18)16(13,2)3/h5-8,13-14H,9-10H2,1-4H3/t13-,14+,17+/m0/s1. The van der Waals surface area contributed by atoms with E-state index in [1.165, 1.54) is 16.9 Å². The Morgan fingerprint density at radius 3 is 2.32 bits per heavy atom. The Kier molecular flexibility index (Phi) is 2.87. The molecule has 0 amide bonds. The largest absolute Gasteiger partial charge is 0.298 e. The van der Waals surface area contributed by atoms with Gasteiger partial charge in [0.05, 0.1) is 5.25 Å². The Bertz CT molecular complexity index is 517. The van der Waals surface area contributed by atoms with Gasteiger partial charge in [0, 0.05) is 10.3 Å². The third-order valence-corrected chi connectivity index (χ3v) is 7.10. The molecule has 0 aromatic heterocycles. The molecule has 2 saturated carbocycles. The van der Waals surface area contributed by atoms with Crippen molar-refractivity contribution in [3.8, 4) is 0 Å². The first-order valence-electron chi connectivity index (χ1n) is 7.14. The second-order valence-electron chi connectivity index (χ2n) is 6.91. The molecule has 2 heteroatoms. The summed E-state index contributed by atoms with van der Waals surface area (Å²) in [5, 5.41) is 0.163. The summed E-state index contributed by atoms with van der Waals surface area (Å²) in [7, 11) is 0. The maximum Gasteiger partial charge on any atom is 0.152 e. The quantitative estimate of drug-likeness (QED) is 0.791. The molecule has 3 atom stereocenters. The van der Waals surface area contributed by atoms with Crippen molar-refractivity contribution in [1.82, 2.24) is 0 Å². The molecule has 19 heavy (non-hydrogen) atoms. The predicted octanol–water partition coefficient (Wildman–Crippen LogP) is 4.48. The third-order valence-electron chi connectivity index (χ3n) is 5.76. The number of Topliss-reactive ketones (excluding diaryl/α,β-unsaturated/α-hetero) is 1. The highest BCUT2D eigenvalue weighted by Gasteiger charge is 2.66. The van der Waals surface area contributed by atoms with E-state index in [1.807, 2.05) is 0 Å². The molecule has 0 N–H and O–H groups in total. The fraction of sp³-hybridized carbons (Fsp3) is 0.588. The van der Waals surface area contributed by atoms with Crippen molar-refractivity contribution in [2.75, 3.05) is 0 Å². The van der Waals surface area contributed by atoms with Gasteiger partial charge in [-0.15, -0.1) is 11.8 Å². The number of hydrogen-bond acceptors (Lipinski definition) is 2. The molecule has 0 heterocycles. The van der Waals surface area contributed by atoms with Gasteiger partial charge in [-0.3, -0.25) is 4.79 Å². The Hall–Kier alpha value is -0.760. The van der Waals surface area contributed by atoms with Crippen LogP contribution < -0.4 is 0 Å². The lowest BCUT2D eigenvalue weighted by Gasteiger charge is -2.32. The third kappa shape index (κ3) is 1.72. The molecule has 0 radical (unpaired) electrons. The lowest BCUT2D eigenvalue weighted by Crippen LogP contribution is -2.34. The number of thioether (sulfide) groups is 1. The van der Waals surface area contributed by atoms with Crippen LogP contribution in [0.4, 0.5) is 0 Å². The molecule has 2 aliphatic carbocycles. The van der Waals surface area contributed by atoms with Crippen molar-refractivity contribution < 1.29 is 4.79 Å². The highest BCUT2D eigenvalue weighted by atomic mass is 32.2. The summed E-state index contributed by atoms with van der Waals surface area (Å²) in [5.74, 6) is 1.02. The van der Waals surface area contributed by atoms with Gasteiger partial charge in [0.15, 0.2) is 5.78 Å². The van der Waals surface area contributed by atoms with Crippen LogP contribution in [0.25, 0.3) is 0 Å². The van der Waals surface area contributed by atoms with Gasteiger partial charge in [-0.2, -0.15) is 0 Å². The van der Waals surface area contributed by atoms with Crippen LogP contribution in [0.2, 0.25) is 0 Å². The van der Waals surface area contributed by atoms with Crippen LogP contribution in [-0.2, 0) is 4.79 Å². The number of aryl methyl sites for hydroxylation is 1. The summed E-state index contributed by atoms with van der Waals surface area (Å²) in [6.45, 7) is 8.86. The first kappa shape index (κ1) is 13.2. The van der Waals surface area contributed by atoms with Crippen molar-refractivity contribution >= 4 is 17.5 Å². The van der Waals surface area contributed by atoms with Crippen molar-refractivity contribution in [3.63, 3.8) is 0 Å². The highest BCUT2D eigenvalue weighted by molar-refractivity contribution is 8.00. The second kappa shape index (κ2) is 4.12. The average molecular weight is 274 g/mol. The molecule has 0 saturated heterocycles. The summed E-state index contributed by atoms with van der Waals surface area (Å²) in [4.78, 5) is 14.0. The van der Waals surface area contributed by atoms with E-state index >= 15 is 0 Å². The van der Waals surface area contributed by atoms with E-state index in [1.54, 1.807) is 11.8 Å². The molecular weight excluding hydrogens is 252 g/mol. The summed E-state index contributed by atoms with van der Waals surface area (Å²) in [5.41, 5.74) is 1.34. The molecule has 0 unspecified atom stereocenters. The zero-order chi connectivity index (χ0) is 13.8. The summed E-state index contributed by atoms with van der Waals surface area (Å²) in [6.07, 6.45) is 2.28. The molecule has 2 bridgehead atoms.